The van der Waals surface area contributed by atoms with Crippen LogP contribution in [0.1, 0.15) is 11.4 Å². The van der Waals surface area contributed by atoms with Crippen LogP contribution in [-0.4, -0.2) is 19.8 Å². The van der Waals surface area contributed by atoms with Crippen LogP contribution in [0.25, 0.3) is 11.4 Å². The van der Waals surface area contributed by atoms with Crippen LogP contribution in [0.4, 0.5) is 0 Å². The topological polar surface area (TPSA) is 91.0 Å². The zero-order valence-electron chi connectivity index (χ0n) is 12.0. The molecule has 0 spiro atoms. The molecular weight excluding hydrogens is 280 g/mol. The molecule has 0 saturated heterocycles. The highest BCUT2D eigenvalue weighted by atomic mass is 15.5. The molecule has 3 aromatic rings. The number of nitrogens with zero attached hydrogens (tertiary/aromatic N) is 8. The Morgan fingerprint density at radius 2 is 1.36 bits per heavy atom. The maximum Gasteiger partial charge on any atom is 0.267 e. The van der Waals surface area contributed by atoms with E-state index in [9.17, 15) is 0 Å². The standard InChI is InChI=1S/C14H12N8/c1-19-13(7-15)9-21(17-19)11-4-3-5-12(6-11)22-10-14(8-16)20(2)18-22/h3-6,9-10H,1-2H3/q+2. The lowest BCUT2D eigenvalue weighted by Crippen LogP contribution is -2.34. The number of rotatable bonds is 2. The van der Waals surface area contributed by atoms with Crippen LogP contribution < -0.4 is 9.36 Å². The summed E-state index contributed by atoms with van der Waals surface area (Å²) >= 11 is 0. The maximum absolute atomic E-state index is 9.00. The van der Waals surface area contributed by atoms with Crippen LogP contribution in [0.15, 0.2) is 36.7 Å². The van der Waals surface area contributed by atoms with Gasteiger partial charge in [-0.1, -0.05) is 6.07 Å². The average Bonchev–Trinajstić information content (AvgIpc) is 3.10. The summed E-state index contributed by atoms with van der Waals surface area (Å²) < 4.78 is 6.26. The van der Waals surface area contributed by atoms with E-state index in [0.717, 1.165) is 11.4 Å². The van der Waals surface area contributed by atoms with Crippen molar-refractivity contribution in [2.75, 3.05) is 0 Å². The molecule has 0 radical (unpaired) electrons. The Hall–Kier alpha value is -3.52. The van der Waals surface area contributed by atoms with Crippen LogP contribution in [0, 0.1) is 22.7 Å². The van der Waals surface area contributed by atoms with Gasteiger partial charge in [0.15, 0.2) is 23.8 Å². The van der Waals surface area contributed by atoms with E-state index in [1.807, 2.05) is 24.3 Å². The first kappa shape index (κ1) is 13.5. The molecule has 8 heteroatoms. The Bertz CT molecular complexity index is 861. The molecule has 106 valence electrons. The zero-order chi connectivity index (χ0) is 15.7. The molecule has 0 N–H and O–H groups in total. The highest BCUT2D eigenvalue weighted by Gasteiger charge is 2.17. The average molecular weight is 292 g/mol. The number of hydrogen-bond donors (Lipinski definition) is 0. The van der Waals surface area contributed by atoms with E-state index in [-0.39, 0.29) is 0 Å². The van der Waals surface area contributed by atoms with Crippen molar-refractivity contribution in [3.05, 3.63) is 48.0 Å². The van der Waals surface area contributed by atoms with Gasteiger partial charge in [0.25, 0.3) is 11.4 Å². The minimum atomic E-state index is 0.461. The third-order valence-electron chi connectivity index (χ3n) is 3.24. The predicted octanol–water partition coefficient (Wildman–Crippen LogP) is -0.550. The fourth-order valence-corrected chi connectivity index (χ4v) is 2.07. The van der Waals surface area contributed by atoms with Crippen LogP contribution in [0.3, 0.4) is 0 Å². The van der Waals surface area contributed by atoms with E-state index in [1.54, 1.807) is 35.9 Å². The molecule has 0 amide bonds. The van der Waals surface area contributed by atoms with Gasteiger partial charge in [-0.2, -0.15) is 10.5 Å². The summed E-state index contributed by atoms with van der Waals surface area (Å²) in [5.74, 6) is 0. The van der Waals surface area contributed by atoms with Crippen molar-refractivity contribution in [1.29, 1.82) is 10.5 Å². The SMILES string of the molecule is C[n+]1nn(-c2cccc(-n3cc(C#N)[n+](C)n3)c2)cc1C#N. The Balaban J connectivity index is 2.06. The van der Waals surface area contributed by atoms with Crippen molar-refractivity contribution >= 4 is 0 Å². The van der Waals surface area contributed by atoms with Gasteiger partial charge >= 0.3 is 0 Å². The number of hydrogen-bond acceptors (Lipinski definition) is 4. The summed E-state index contributed by atoms with van der Waals surface area (Å²) in [6, 6.07) is 11.7. The Labute approximate surface area is 126 Å². The van der Waals surface area contributed by atoms with Crippen LogP contribution >= 0.6 is 0 Å². The third kappa shape index (κ3) is 2.19. The lowest BCUT2D eigenvalue weighted by molar-refractivity contribution is -0.733. The largest absolute Gasteiger partial charge is 0.267 e. The van der Waals surface area contributed by atoms with Gasteiger partial charge in [0.05, 0.1) is 10.4 Å². The molecule has 8 nitrogen and oxygen atoms in total. The monoisotopic (exact) mass is 292 g/mol. The molecule has 0 saturated carbocycles. The van der Waals surface area contributed by atoms with Gasteiger partial charge in [-0.05, 0) is 12.1 Å². The van der Waals surface area contributed by atoms with Gasteiger partial charge < -0.3 is 0 Å². The number of benzene rings is 1. The fourth-order valence-electron chi connectivity index (χ4n) is 2.07. The molecule has 0 aliphatic rings. The quantitative estimate of drug-likeness (QED) is 0.593. The van der Waals surface area contributed by atoms with Crippen molar-refractivity contribution in [3.8, 4) is 23.5 Å². The molecule has 22 heavy (non-hydrogen) atoms. The second-order valence-electron chi connectivity index (χ2n) is 4.69. The molecular formula is C14H12N8+2. The van der Waals surface area contributed by atoms with Crippen LogP contribution in [-0.2, 0) is 14.1 Å². The molecule has 0 aliphatic carbocycles. The number of aromatic nitrogens is 6. The first-order chi connectivity index (χ1) is 10.6. The van der Waals surface area contributed by atoms with Gasteiger partial charge in [0.1, 0.15) is 26.2 Å². The van der Waals surface area contributed by atoms with Crippen LogP contribution in [0.2, 0.25) is 0 Å². The molecule has 2 aromatic heterocycles. The highest BCUT2D eigenvalue weighted by Crippen LogP contribution is 2.12. The molecule has 0 bridgehead atoms. The van der Waals surface area contributed by atoms with Gasteiger partial charge in [0.2, 0.25) is 0 Å². The first-order valence-electron chi connectivity index (χ1n) is 6.45. The van der Waals surface area contributed by atoms with E-state index in [1.165, 1.54) is 9.36 Å². The summed E-state index contributed by atoms with van der Waals surface area (Å²) in [6.07, 6.45) is 3.31. The molecule has 0 unspecified atom stereocenters. The van der Waals surface area contributed by atoms with Crippen LogP contribution in [0.5, 0.6) is 0 Å². The van der Waals surface area contributed by atoms with E-state index < -0.39 is 0 Å². The van der Waals surface area contributed by atoms with E-state index >= 15 is 0 Å². The summed E-state index contributed by atoms with van der Waals surface area (Å²) in [5.41, 5.74) is 2.52. The Morgan fingerprint density at radius 1 is 0.909 bits per heavy atom. The second-order valence-corrected chi connectivity index (χ2v) is 4.69. The van der Waals surface area contributed by atoms with Crippen molar-refractivity contribution < 1.29 is 9.36 Å². The lowest BCUT2D eigenvalue weighted by Gasteiger charge is -1.95. The minimum absolute atomic E-state index is 0.461. The normalized spacial score (nSPS) is 10.2. The smallest absolute Gasteiger partial charge is 0.188 e. The van der Waals surface area contributed by atoms with E-state index in [4.69, 9.17) is 10.5 Å². The summed E-state index contributed by atoms with van der Waals surface area (Å²) in [6.45, 7) is 0. The minimum Gasteiger partial charge on any atom is -0.188 e. The predicted molar refractivity (Wildman–Crippen MR) is 72.5 cm³/mol. The van der Waals surface area contributed by atoms with Crippen molar-refractivity contribution in [2.24, 2.45) is 14.1 Å². The molecule has 0 atom stereocenters. The fraction of sp³-hybridized carbons (Fsp3) is 0.143. The first-order valence-corrected chi connectivity index (χ1v) is 6.45. The Kier molecular flexibility index (Phi) is 3.13. The molecule has 0 fully saturated rings. The lowest BCUT2D eigenvalue weighted by atomic mass is 10.3. The number of nitriles is 2. The van der Waals surface area contributed by atoms with Gasteiger partial charge in [-0.3, -0.25) is 0 Å². The van der Waals surface area contributed by atoms with E-state index in [2.05, 4.69) is 22.6 Å². The maximum atomic E-state index is 9.00. The summed E-state index contributed by atoms with van der Waals surface area (Å²) in [4.78, 5) is 0. The molecule has 0 aliphatic heterocycles. The van der Waals surface area contributed by atoms with Crippen molar-refractivity contribution in [3.63, 3.8) is 0 Å². The van der Waals surface area contributed by atoms with Crippen molar-refractivity contribution in [1.82, 2.24) is 19.8 Å². The molecule has 1 aromatic carbocycles. The second kappa shape index (κ2) is 5.11. The zero-order valence-corrected chi connectivity index (χ0v) is 12.0. The van der Waals surface area contributed by atoms with Crippen molar-refractivity contribution in [2.45, 2.75) is 0 Å². The van der Waals surface area contributed by atoms with Gasteiger partial charge in [-0.25, -0.2) is 0 Å². The highest BCUT2D eigenvalue weighted by molar-refractivity contribution is 5.42. The molecule has 2 heterocycles. The number of aryl methyl sites for hydroxylation is 2. The van der Waals surface area contributed by atoms with Gasteiger partial charge in [-0.15, -0.1) is 18.7 Å². The van der Waals surface area contributed by atoms with E-state index in [0.29, 0.717) is 11.4 Å². The molecule has 3 rings (SSSR count). The van der Waals surface area contributed by atoms with Gasteiger partial charge in [0, 0.05) is 6.07 Å². The summed E-state index contributed by atoms with van der Waals surface area (Å²) in [7, 11) is 3.43. The Morgan fingerprint density at radius 3 is 1.73 bits per heavy atom. The summed E-state index contributed by atoms with van der Waals surface area (Å²) in [5, 5.41) is 26.5. The third-order valence-corrected chi connectivity index (χ3v) is 3.24.